The van der Waals surface area contributed by atoms with Gasteiger partial charge in [-0.25, -0.2) is 0 Å². The van der Waals surface area contributed by atoms with Crippen LogP contribution in [0, 0.1) is 10.7 Å². The second-order valence-corrected chi connectivity index (χ2v) is 6.23. The molecule has 1 N–H and O–H groups in total. The van der Waals surface area contributed by atoms with E-state index in [0.717, 1.165) is 26.9 Å². The first kappa shape index (κ1) is 14.8. The minimum absolute atomic E-state index is 0.246. The highest BCUT2D eigenvalue weighted by Crippen LogP contribution is 2.27. The van der Waals surface area contributed by atoms with Crippen molar-refractivity contribution < 1.29 is 4.74 Å². The minimum atomic E-state index is 0.246. The molecule has 1 heterocycles. The van der Waals surface area contributed by atoms with Crippen LogP contribution in [0.4, 0.5) is 0 Å². The Bertz CT molecular complexity index is 617. The van der Waals surface area contributed by atoms with Gasteiger partial charge in [-0.1, -0.05) is 29.8 Å². The van der Waals surface area contributed by atoms with E-state index < -0.39 is 0 Å². The van der Waals surface area contributed by atoms with E-state index in [4.69, 9.17) is 17.0 Å². The summed E-state index contributed by atoms with van der Waals surface area (Å²) in [7, 11) is 0. The van der Waals surface area contributed by atoms with Crippen molar-refractivity contribution in [2.24, 2.45) is 5.92 Å². The number of fused-ring (bicyclic) bond motifs is 1. The molecule has 1 unspecified atom stereocenters. The van der Waals surface area contributed by atoms with E-state index in [2.05, 4.69) is 45.4 Å². The van der Waals surface area contributed by atoms with Crippen molar-refractivity contribution >= 4 is 39.2 Å². The lowest BCUT2D eigenvalue weighted by Crippen LogP contribution is -2.21. The van der Waals surface area contributed by atoms with Crippen LogP contribution in [0.5, 0.6) is 0 Å². The fourth-order valence-electron chi connectivity index (χ4n) is 2.23. The predicted molar refractivity (Wildman–Crippen MR) is 85.2 cm³/mol. The van der Waals surface area contributed by atoms with Crippen molar-refractivity contribution in [2.75, 3.05) is 13.2 Å². The summed E-state index contributed by atoms with van der Waals surface area (Å²) in [4.78, 5) is 3.27. The molecule has 0 bridgehead atoms. The number of hydrogen-bond donors (Lipinski definition) is 1. The molecule has 1 aromatic heterocycles. The fraction of sp³-hybridized carbons (Fsp3) is 0.500. The van der Waals surface area contributed by atoms with Gasteiger partial charge in [-0.15, -0.1) is 0 Å². The smallest absolute Gasteiger partial charge is 0.178 e. The topological polar surface area (TPSA) is 29.9 Å². The van der Waals surface area contributed by atoms with Gasteiger partial charge >= 0.3 is 0 Å². The minimum Gasteiger partial charge on any atom is -0.380 e. The van der Waals surface area contributed by atoms with Gasteiger partial charge in [0.1, 0.15) is 0 Å². The SMILES string of the molecule is CCOCC(C(C)C)n1c(=S)[nH]c2ccc(Br)cc21. The molecule has 0 aliphatic carbocycles. The molecule has 0 fully saturated rings. The summed E-state index contributed by atoms with van der Waals surface area (Å²) in [6, 6.07) is 6.41. The van der Waals surface area contributed by atoms with Crippen LogP contribution in [0.25, 0.3) is 11.0 Å². The third-order valence-electron chi connectivity index (χ3n) is 3.27. The average molecular weight is 343 g/mol. The highest BCUT2D eigenvalue weighted by Gasteiger charge is 2.19. The zero-order valence-corrected chi connectivity index (χ0v) is 13.8. The summed E-state index contributed by atoms with van der Waals surface area (Å²) in [5, 5.41) is 0. The molecule has 0 spiro atoms. The van der Waals surface area contributed by atoms with Crippen LogP contribution in [-0.2, 0) is 4.74 Å². The Morgan fingerprint density at radius 3 is 2.79 bits per heavy atom. The number of nitrogens with one attached hydrogen (secondary N) is 1. The molecule has 3 nitrogen and oxygen atoms in total. The number of halogens is 1. The molecule has 0 amide bonds. The Labute approximate surface area is 127 Å². The van der Waals surface area contributed by atoms with Gasteiger partial charge in [0.25, 0.3) is 0 Å². The van der Waals surface area contributed by atoms with E-state index in [1.807, 2.05) is 19.1 Å². The summed E-state index contributed by atoms with van der Waals surface area (Å²) < 4.78 is 9.61. The third-order valence-corrected chi connectivity index (χ3v) is 4.07. The molecule has 104 valence electrons. The number of H-pyrrole nitrogens is 1. The van der Waals surface area contributed by atoms with Crippen LogP contribution in [0.2, 0.25) is 0 Å². The molecule has 2 aromatic rings. The lowest BCUT2D eigenvalue weighted by atomic mass is 10.1. The Kier molecular flexibility index (Phi) is 4.81. The van der Waals surface area contributed by atoms with Crippen LogP contribution in [0.1, 0.15) is 26.8 Å². The van der Waals surface area contributed by atoms with E-state index in [1.54, 1.807) is 0 Å². The number of ether oxygens (including phenoxy) is 1. The van der Waals surface area contributed by atoms with Gasteiger partial charge in [-0.05, 0) is 43.3 Å². The summed E-state index contributed by atoms with van der Waals surface area (Å²) >= 11 is 9.00. The van der Waals surface area contributed by atoms with Crippen molar-refractivity contribution in [3.05, 3.63) is 27.4 Å². The first-order valence-electron chi connectivity index (χ1n) is 6.52. The van der Waals surface area contributed by atoms with Crippen molar-refractivity contribution in [2.45, 2.75) is 26.8 Å². The first-order chi connectivity index (χ1) is 9.04. The number of benzene rings is 1. The van der Waals surface area contributed by atoms with Crippen molar-refractivity contribution in [3.63, 3.8) is 0 Å². The highest BCUT2D eigenvalue weighted by molar-refractivity contribution is 9.10. The van der Waals surface area contributed by atoms with E-state index in [9.17, 15) is 0 Å². The molecule has 0 radical (unpaired) electrons. The molecule has 5 heteroatoms. The van der Waals surface area contributed by atoms with Crippen molar-refractivity contribution in [1.82, 2.24) is 9.55 Å². The maximum absolute atomic E-state index is 5.62. The maximum atomic E-state index is 5.62. The van der Waals surface area contributed by atoms with Crippen molar-refractivity contribution in [1.29, 1.82) is 0 Å². The molecule has 0 aliphatic heterocycles. The molecule has 19 heavy (non-hydrogen) atoms. The van der Waals surface area contributed by atoms with Crippen LogP contribution in [0.15, 0.2) is 22.7 Å². The second kappa shape index (κ2) is 6.20. The summed E-state index contributed by atoms with van der Waals surface area (Å²) in [5.41, 5.74) is 2.19. The Morgan fingerprint density at radius 1 is 1.42 bits per heavy atom. The van der Waals surface area contributed by atoms with Gasteiger partial charge in [0.2, 0.25) is 0 Å². The fourth-order valence-corrected chi connectivity index (χ4v) is 2.92. The second-order valence-electron chi connectivity index (χ2n) is 4.93. The number of nitrogens with zero attached hydrogens (tertiary/aromatic N) is 1. The molecule has 0 saturated carbocycles. The lowest BCUT2D eigenvalue weighted by Gasteiger charge is -2.23. The summed E-state index contributed by atoms with van der Waals surface area (Å²) in [6.45, 7) is 7.82. The van der Waals surface area contributed by atoms with E-state index in [-0.39, 0.29) is 6.04 Å². The molecule has 1 aromatic carbocycles. The average Bonchev–Trinajstić information content (AvgIpc) is 2.66. The lowest BCUT2D eigenvalue weighted by molar-refractivity contribution is 0.0974. The number of imidazole rings is 1. The standard InChI is InChI=1S/C14H19BrN2OS/c1-4-18-8-13(9(2)3)17-12-7-10(15)5-6-11(12)16-14(17)19/h5-7,9,13H,4,8H2,1-3H3,(H,16,19). The first-order valence-corrected chi connectivity index (χ1v) is 7.72. The van der Waals surface area contributed by atoms with Crippen LogP contribution >= 0.6 is 28.1 Å². The molecular weight excluding hydrogens is 324 g/mol. The van der Waals surface area contributed by atoms with Gasteiger partial charge < -0.3 is 14.3 Å². The predicted octanol–water partition coefficient (Wildman–Crippen LogP) is 4.69. The van der Waals surface area contributed by atoms with Crippen LogP contribution in [-0.4, -0.2) is 22.8 Å². The van der Waals surface area contributed by atoms with Gasteiger partial charge in [-0.3, -0.25) is 0 Å². The molecule has 1 atom stereocenters. The summed E-state index contributed by atoms with van der Waals surface area (Å²) in [6.07, 6.45) is 0. The van der Waals surface area contributed by atoms with Crippen LogP contribution < -0.4 is 0 Å². The number of hydrogen-bond acceptors (Lipinski definition) is 2. The van der Waals surface area contributed by atoms with E-state index >= 15 is 0 Å². The maximum Gasteiger partial charge on any atom is 0.178 e. The Morgan fingerprint density at radius 2 is 2.16 bits per heavy atom. The molecule has 0 aliphatic rings. The van der Waals surface area contributed by atoms with Crippen molar-refractivity contribution in [3.8, 4) is 0 Å². The molecular formula is C14H19BrN2OS. The van der Waals surface area contributed by atoms with Crippen LogP contribution in [0.3, 0.4) is 0 Å². The quantitative estimate of drug-likeness (QED) is 0.798. The number of aromatic amines is 1. The molecule has 0 saturated heterocycles. The van der Waals surface area contributed by atoms with Gasteiger partial charge in [0, 0.05) is 11.1 Å². The van der Waals surface area contributed by atoms with E-state index in [0.29, 0.717) is 12.5 Å². The zero-order valence-electron chi connectivity index (χ0n) is 11.4. The number of aromatic nitrogens is 2. The highest BCUT2D eigenvalue weighted by atomic mass is 79.9. The van der Waals surface area contributed by atoms with E-state index in [1.165, 1.54) is 0 Å². The van der Waals surface area contributed by atoms with Gasteiger partial charge in [0.15, 0.2) is 4.77 Å². The molecule has 2 rings (SSSR count). The summed E-state index contributed by atoms with van der Waals surface area (Å²) in [5.74, 6) is 0.455. The monoisotopic (exact) mass is 342 g/mol. The normalized spacial score (nSPS) is 13.3. The third kappa shape index (κ3) is 3.09. The number of rotatable bonds is 5. The Balaban J connectivity index is 2.54. The Hall–Kier alpha value is -0.650. The zero-order chi connectivity index (χ0) is 14.0. The van der Waals surface area contributed by atoms with Gasteiger partial charge in [0.05, 0.1) is 23.7 Å². The largest absolute Gasteiger partial charge is 0.380 e. The van der Waals surface area contributed by atoms with Gasteiger partial charge in [-0.2, -0.15) is 0 Å².